The van der Waals surface area contributed by atoms with E-state index in [1.165, 1.54) is 62.2 Å². The van der Waals surface area contributed by atoms with Crippen LogP contribution in [0.3, 0.4) is 0 Å². The molecule has 0 atom stereocenters. The van der Waals surface area contributed by atoms with Crippen molar-refractivity contribution in [2.45, 2.75) is 0 Å². The van der Waals surface area contributed by atoms with Crippen molar-refractivity contribution in [3.8, 4) is 11.1 Å². The van der Waals surface area contributed by atoms with Gasteiger partial charge in [0.05, 0.1) is 10.4 Å². The zero-order chi connectivity index (χ0) is 32.8. The van der Waals surface area contributed by atoms with Crippen molar-refractivity contribution in [2.75, 3.05) is 4.90 Å². The van der Waals surface area contributed by atoms with Gasteiger partial charge in [0.2, 0.25) is 0 Å². The summed E-state index contributed by atoms with van der Waals surface area (Å²) in [5.41, 5.74) is 7.67. The third kappa shape index (κ3) is 4.13. The van der Waals surface area contributed by atoms with Gasteiger partial charge in [-0.25, -0.2) is 0 Å². The number of thiophene rings is 2. The largest absolute Gasteiger partial charge is 0.455 e. The summed E-state index contributed by atoms with van der Waals surface area (Å²) in [6, 6.07) is 59.4. The van der Waals surface area contributed by atoms with E-state index in [1.807, 2.05) is 22.7 Å². The molecule has 0 radical (unpaired) electrons. The number of hydrogen-bond acceptors (Lipinski definition) is 4. The van der Waals surface area contributed by atoms with Crippen molar-refractivity contribution in [3.63, 3.8) is 0 Å². The Morgan fingerprint density at radius 1 is 0.420 bits per heavy atom. The molecule has 0 aliphatic rings. The molecule has 0 unspecified atom stereocenters. The van der Waals surface area contributed by atoms with Crippen LogP contribution in [0.5, 0.6) is 0 Å². The highest BCUT2D eigenvalue weighted by Gasteiger charge is 2.24. The number of anilines is 3. The molecule has 3 heterocycles. The standard InChI is InChI=1S/C46H27NOS2/c1-2-10-28(11-3-1)29-18-21-31(22-19-29)47(32-23-25-35-36-24-20-30-12-4-5-13-33(30)45(36)50-42(35)26-32)39-27-38-34-14-6-8-16-40(34)48-44(38)43-37-15-7-9-17-41(37)49-46(39)43/h1-27H. The number of fused-ring (bicyclic) bond motifs is 12. The third-order valence-corrected chi connectivity index (χ3v) is 12.4. The summed E-state index contributed by atoms with van der Waals surface area (Å²) < 4.78 is 11.7. The van der Waals surface area contributed by atoms with Gasteiger partial charge in [-0.3, -0.25) is 0 Å². The van der Waals surface area contributed by atoms with E-state index in [9.17, 15) is 0 Å². The summed E-state index contributed by atoms with van der Waals surface area (Å²) in [4.78, 5) is 2.45. The molecule has 0 spiro atoms. The predicted molar refractivity (Wildman–Crippen MR) is 217 cm³/mol. The first-order valence-electron chi connectivity index (χ1n) is 16.8. The van der Waals surface area contributed by atoms with Crippen LogP contribution in [0.15, 0.2) is 168 Å². The second-order valence-corrected chi connectivity index (χ2v) is 15.0. The van der Waals surface area contributed by atoms with Crippen molar-refractivity contribution >= 4 is 113 Å². The normalized spacial score (nSPS) is 12.0. The maximum atomic E-state index is 6.66. The minimum Gasteiger partial charge on any atom is -0.455 e. The Labute approximate surface area is 295 Å². The Morgan fingerprint density at radius 3 is 1.98 bits per heavy atom. The second kappa shape index (κ2) is 10.8. The second-order valence-electron chi connectivity index (χ2n) is 12.9. The van der Waals surface area contributed by atoms with Gasteiger partial charge in [-0.1, -0.05) is 121 Å². The lowest BCUT2D eigenvalue weighted by molar-refractivity contribution is 0.673. The molecule has 0 amide bonds. The van der Waals surface area contributed by atoms with Crippen molar-refractivity contribution in [3.05, 3.63) is 164 Å². The van der Waals surface area contributed by atoms with Gasteiger partial charge in [0.25, 0.3) is 0 Å². The summed E-state index contributed by atoms with van der Waals surface area (Å²) in [7, 11) is 0. The number of rotatable bonds is 4. The summed E-state index contributed by atoms with van der Waals surface area (Å²) >= 11 is 3.73. The van der Waals surface area contributed by atoms with Crippen LogP contribution in [0.2, 0.25) is 0 Å². The van der Waals surface area contributed by atoms with Crippen LogP contribution in [-0.4, -0.2) is 0 Å². The molecule has 0 saturated carbocycles. The minimum absolute atomic E-state index is 0.911. The molecule has 0 aliphatic heterocycles. The van der Waals surface area contributed by atoms with E-state index in [-0.39, 0.29) is 0 Å². The fraction of sp³-hybridized carbons (Fsp3) is 0. The summed E-state index contributed by atoms with van der Waals surface area (Å²) in [5.74, 6) is 0. The van der Waals surface area contributed by atoms with Gasteiger partial charge >= 0.3 is 0 Å². The van der Waals surface area contributed by atoms with Gasteiger partial charge < -0.3 is 9.32 Å². The molecule has 50 heavy (non-hydrogen) atoms. The van der Waals surface area contributed by atoms with Crippen LogP contribution in [0.25, 0.3) is 84.2 Å². The highest BCUT2D eigenvalue weighted by molar-refractivity contribution is 7.27. The first kappa shape index (κ1) is 28.0. The first-order valence-corrected chi connectivity index (χ1v) is 18.5. The number of nitrogens with zero attached hydrogens (tertiary/aromatic N) is 1. The van der Waals surface area contributed by atoms with Gasteiger partial charge in [0.1, 0.15) is 11.2 Å². The Morgan fingerprint density at radius 2 is 1.10 bits per heavy atom. The Balaban J connectivity index is 1.21. The van der Waals surface area contributed by atoms with Gasteiger partial charge in [0.15, 0.2) is 0 Å². The molecule has 4 heteroatoms. The lowest BCUT2D eigenvalue weighted by Gasteiger charge is -2.26. The van der Waals surface area contributed by atoms with Crippen LogP contribution in [-0.2, 0) is 0 Å². The molecule has 0 aliphatic carbocycles. The van der Waals surface area contributed by atoms with Crippen molar-refractivity contribution in [1.29, 1.82) is 0 Å². The van der Waals surface area contributed by atoms with E-state index in [2.05, 4.69) is 169 Å². The Hall–Kier alpha value is -5.94. The smallest absolute Gasteiger partial charge is 0.144 e. The summed E-state index contributed by atoms with van der Waals surface area (Å²) in [6.45, 7) is 0. The quantitative estimate of drug-likeness (QED) is 0.185. The van der Waals surface area contributed by atoms with E-state index < -0.39 is 0 Å². The van der Waals surface area contributed by atoms with E-state index in [1.54, 1.807) is 0 Å². The molecule has 2 nitrogen and oxygen atoms in total. The fourth-order valence-corrected chi connectivity index (χ4v) is 10.2. The minimum atomic E-state index is 0.911. The van der Waals surface area contributed by atoms with E-state index in [0.29, 0.717) is 0 Å². The lowest BCUT2D eigenvalue weighted by Crippen LogP contribution is -2.10. The Bertz CT molecular complexity index is 3090. The maximum Gasteiger partial charge on any atom is 0.144 e. The molecule has 11 aromatic rings. The molecular formula is C46H27NOS2. The monoisotopic (exact) mass is 673 g/mol. The van der Waals surface area contributed by atoms with E-state index in [0.717, 1.165) is 39.0 Å². The van der Waals surface area contributed by atoms with Crippen LogP contribution >= 0.6 is 22.7 Å². The van der Waals surface area contributed by atoms with E-state index in [4.69, 9.17) is 4.42 Å². The fourth-order valence-electron chi connectivity index (χ4n) is 7.71. The molecular weight excluding hydrogens is 647 g/mol. The number of furan rings is 1. The van der Waals surface area contributed by atoms with Gasteiger partial charge in [0, 0.05) is 57.8 Å². The third-order valence-electron chi connectivity index (χ3n) is 10.0. The number of hydrogen-bond donors (Lipinski definition) is 0. The predicted octanol–water partition coefficient (Wildman–Crippen LogP) is 14.6. The van der Waals surface area contributed by atoms with Crippen molar-refractivity contribution in [2.24, 2.45) is 0 Å². The molecule has 8 aromatic carbocycles. The summed E-state index contributed by atoms with van der Waals surface area (Å²) in [6.07, 6.45) is 0. The average Bonchev–Trinajstić information content (AvgIpc) is 3.87. The van der Waals surface area contributed by atoms with Crippen molar-refractivity contribution < 1.29 is 4.42 Å². The van der Waals surface area contributed by atoms with Crippen LogP contribution in [0, 0.1) is 0 Å². The molecule has 11 rings (SSSR count). The van der Waals surface area contributed by atoms with Crippen molar-refractivity contribution in [1.82, 2.24) is 0 Å². The zero-order valence-electron chi connectivity index (χ0n) is 26.8. The maximum absolute atomic E-state index is 6.66. The molecule has 0 bridgehead atoms. The SMILES string of the molecule is c1ccc(-c2ccc(N(c3ccc4c(c3)sc3c5ccccc5ccc43)c3cc4c5ccccc5oc4c4c3sc3ccccc34)cc2)cc1. The number of benzene rings is 8. The van der Waals surface area contributed by atoms with E-state index >= 15 is 0 Å². The highest BCUT2D eigenvalue weighted by Crippen LogP contribution is 2.51. The zero-order valence-corrected chi connectivity index (χ0v) is 28.4. The summed E-state index contributed by atoms with van der Waals surface area (Å²) in [5, 5.41) is 9.86. The van der Waals surface area contributed by atoms with Gasteiger partial charge in [-0.05, 0) is 64.4 Å². The van der Waals surface area contributed by atoms with Gasteiger partial charge in [-0.2, -0.15) is 0 Å². The highest BCUT2D eigenvalue weighted by atomic mass is 32.1. The van der Waals surface area contributed by atoms with Crippen LogP contribution in [0.4, 0.5) is 17.1 Å². The van der Waals surface area contributed by atoms with Crippen LogP contribution < -0.4 is 4.90 Å². The first-order chi connectivity index (χ1) is 24.8. The Kier molecular flexibility index (Phi) is 6.03. The number of para-hydroxylation sites is 1. The van der Waals surface area contributed by atoms with Crippen LogP contribution in [0.1, 0.15) is 0 Å². The molecule has 3 aromatic heterocycles. The molecule has 0 N–H and O–H groups in total. The molecule has 0 saturated heterocycles. The average molecular weight is 674 g/mol. The topological polar surface area (TPSA) is 16.4 Å². The lowest BCUT2D eigenvalue weighted by atomic mass is 10.0. The molecule has 0 fully saturated rings. The molecule has 234 valence electrons. The van der Waals surface area contributed by atoms with Gasteiger partial charge in [-0.15, -0.1) is 22.7 Å².